The van der Waals surface area contributed by atoms with Gasteiger partial charge in [-0.15, -0.1) is 35.3 Å². The summed E-state index contributed by atoms with van der Waals surface area (Å²) >= 11 is 1.69. The number of para-hydroxylation sites is 1. The molecule has 9 heteroatoms. The number of hydrogen-bond donors (Lipinski definition) is 2. The molecule has 0 saturated carbocycles. The molecule has 1 fully saturated rings. The standard InChI is InChI=1S/C22H33FN6S.HI/c1-3-24-22(26-11-9-19-17-30-18(2)27-19)25-10-6-12-28-13-15-29(16-14-28)21-8-5-4-7-20(21)23;/h4-5,7-8,17H,3,6,9-16H2,1-2H3,(H2,24,25,26);1H. The van der Waals surface area contributed by atoms with Gasteiger partial charge >= 0.3 is 0 Å². The highest BCUT2D eigenvalue weighted by molar-refractivity contribution is 14.0. The third-order valence-corrected chi connectivity index (χ3v) is 5.97. The fourth-order valence-electron chi connectivity index (χ4n) is 3.58. The predicted molar refractivity (Wildman–Crippen MR) is 140 cm³/mol. The van der Waals surface area contributed by atoms with Gasteiger partial charge < -0.3 is 15.5 Å². The minimum absolute atomic E-state index is 0. The predicted octanol–water partition coefficient (Wildman–Crippen LogP) is 3.52. The second kappa shape index (κ2) is 13.8. The summed E-state index contributed by atoms with van der Waals surface area (Å²) in [5, 5.41) is 9.93. The van der Waals surface area contributed by atoms with Gasteiger partial charge in [0.05, 0.1) is 16.4 Å². The first-order chi connectivity index (χ1) is 14.7. The lowest BCUT2D eigenvalue weighted by Gasteiger charge is -2.36. The summed E-state index contributed by atoms with van der Waals surface area (Å²) in [6, 6.07) is 7.04. The second-order valence-electron chi connectivity index (χ2n) is 7.43. The number of thiazole rings is 1. The molecule has 0 radical (unpaired) electrons. The minimum Gasteiger partial charge on any atom is -0.367 e. The van der Waals surface area contributed by atoms with E-state index in [4.69, 9.17) is 4.99 Å². The first kappa shape index (κ1) is 25.8. The third-order valence-electron chi connectivity index (χ3n) is 5.15. The molecular weight excluding hydrogens is 526 g/mol. The average molecular weight is 561 g/mol. The van der Waals surface area contributed by atoms with Crippen molar-refractivity contribution in [2.75, 3.05) is 57.3 Å². The zero-order valence-electron chi connectivity index (χ0n) is 18.4. The summed E-state index contributed by atoms with van der Waals surface area (Å²) < 4.78 is 14.0. The molecule has 1 saturated heterocycles. The molecule has 3 rings (SSSR count). The number of aliphatic imine (C=N–C) groups is 1. The number of nitrogens with zero attached hydrogens (tertiary/aromatic N) is 4. The van der Waals surface area contributed by atoms with Crippen molar-refractivity contribution in [2.24, 2.45) is 4.99 Å². The normalized spacial score (nSPS) is 14.9. The van der Waals surface area contributed by atoms with Gasteiger partial charge in [-0.05, 0) is 32.4 Å². The van der Waals surface area contributed by atoms with Crippen LogP contribution in [0.2, 0.25) is 0 Å². The molecule has 0 amide bonds. The Balaban J connectivity index is 0.00000341. The van der Waals surface area contributed by atoms with Crippen LogP contribution < -0.4 is 15.5 Å². The fourth-order valence-corrected chi connectivity index (χ4v) is 4.23. The van der Waals surface area contributed by atoms with Crippen LogP contribution in [0.25, 0.3) is 0 Å². The van der Waals surface area contributed by atoms with Gasteiger partial charge in [0, 0.05) is 64.2 Å². The summed E-state index contributed by atoms with van der Waals surface area (Å²) in [7, 11) is 0. The Hall–Kier alpha value is -1.46. The number of piperazine rings is 1. The van der Waals surface area contributed by atoms with Crippen molar-refractivity contribution < 1.29 is 4.39 Å². The van der Waals surface area contributed by atoms with Crippen molar-refractivity contribution in [3.8, 4) is 0 Å². The van der Waals surface area contributed by atoms with E-state index >= 15 is 0 Å². The van der Waals surface area contributed by atoms with Gasteiger partial charge in [-0.3, -0.25) is 9.89 Å². The summed E-state index contributed by atoms with van der Waals surface area (Å²) in [5.74, 6) is 0.738. The summed E-state index contributed by atoms with van der Waals surface area (Å²) in [6.45, 7) is 11.3. The van der Waals surface area contributed by atoms with E-state index in [-0.39, 0.29) is 29.8 Å². The van der Waals surface area contributed by atoms with E-state index in [9.17, 15) is 4.39 Å². The van der Waals surface area contributed by atoms with Gasteiger partial charge in [-0.1, -0.05) is 12.1 Å². The molecule has 0 unspecified atom stereocenters. The summed E-state index contributed by atoms with van der Waals surface area (Å²) in [4.78, 5) is 13.8. The number of halogens is 2. The maximum absolute atomic E-state index is 14.0. The highest BCUT2D eigenvalue weighted by Gasteiger charge is 2.18. The lowest BCUT2D eigenvalue weighted by molar-refractivity contribution is 0.256. The van der Waals surface area contributed by atoms with E-state index in [0.717, 1.165) is 87.5 Å². The van der Waals surface area contributed by atoms with Crippen molar-refractivity contribution >= 4 is 47.0 Å². The number of hydrogen-bond acceptors (Lipinski definition) is 5. The number of nitrogens with one attached hydrogen (secondary N) is 2. The molecule has 1 aromatic heterocycles. The molecule has 1 aliphatic heterocycles. The monoisotopic (exact) mass is 560 g/mol. The minimum atomic E-state index is -0.131. The van der Waals surface area contributed by atoms with Crippen LogP contribution in [0.3, 0.4) is 0 Å². The maximum Gasteiger partial charge on any atom is 0.191 e. The van der Waals surface area contributed by atoms with Crippen LogP contribution in [0.5, 0.6) is 0 Å². The lowest BCUT2D eigenvalue weighted by Crippen LogP contribution is -2.47. The SMILES string of the molecule is CCNC(=NCCCN1CCN(c2ccccc2F)CC1)NCCc1csc(C)n1.I. The number of rotatable bonds is 9. The Labute approximate surface area is 206 Å². The highest BCUT2D eigenvalue weighted by atomic mass is 127. The van der Waals surface area contributed by atoms with Gasteiger partial charge in [0.1, 0.15) is 5.82 Å². The maximum atomic E-state index is 14.0. The molecule has 31 heavy (non-hydrogen) atoms. The van der Waals surface area contributed by atoms with E-state index < -0.39 is 0 Å². The molecule has 0 spiro atoms. The van der Waals surface area contributed by atoms with Gasteiger partial charge in [0.25, 0.3) is 0 Å². The molecule has 1 aliphatic rings. The molecule has 2 N–H and O–H groups in total. The summed E-state index contributed by atoms with van der Waals surface area (Å²) in [5.41, 5.74) is 1.85. The topological polar surface area (TPSA) is 55.8 Å². The van der Waals surface area contributed by atoms with Gasteiger partial charge in [0.2, 0.25) is 0 Å². The van der Waals surface area contributed by atoms with Crippen molar-refractivity contribution in [1.82, 2.24) is 20.5 Å². The van der Waals surface area contributed by atoms with E-state index in [0.29, 0.717) is 0 Å². The fraction of sp³-hybridized carbons (Fsp3) is 0.545. The molecule has 2 heterocycles. The largest absolute Gasteiger partial charge is 0.367 e. The molecule has 0 atom stereocenters. The van der Waals surface area contributed by atoms with Crippen LogP contribution in [-0.4, -0.2) is 68.2 Å². The highest BCUT2D eigenvalue weighted by Crippen LogP contribution is 2.20. The number of guanidine groups is 1. The van der Waals surface area contributed by atoms with Gasteiger partial charge in [0.15, 0.2) is 5.96 Å². The molecule has 172 valence electrons. The van der Waals surface area contributed by atoms with Crippen LogP contribution in [0, 0.1) is 12.7 Å². The molecule has 2 aromatic rings. The Morgan fingerprint density at radius 2 is 1.97 bits per heavy atom. The summed E-state index contributed by atoms with van der Waals surface area (Å²) in [6.07, 6.45) is 1.92. The molecule has 0 bridgehead atoms. The smallest absolute Gasteiger partial charge is 0.191 e. The van der Waals surface area contributed by atoms with E-state index in [1.165, 1.54) is 6.07 Å². The second-order valence-corrected chi connectivity index (χ2v) is 8.49. The first-order valence-electron chi connectivity index (χ1n) is 10.8. The first-order valence-corrected chi connectivity index (χ1v) is 11.7. The van der Waals surface area contributed by atoms with E-state index in [1.807, 2.05) is 19.1 Å². The van der Waals surface area contributed by atoms with E-state index in [1.54, 1.807) is 17.4 Å². The van der Waals surface area contributed by atoms with Crippen molar-refractivity contribution in [3.05, 3.63) is 46.2 Å². The number of benzene rings is 1. The van der Waals surface area contributed by atoms with Crippen LogP contribution >= 0.6 is 35.3 Å². The molecule has 6 nitrogen and oxygen atoms in total. The quantitative estimate of drug-likeness (QED) is 0.213. The van der Waals surface area contributed by atoms with Crippen molar-refractivity contribution in [1.29, 1.82) is 0 Å². The van der Waals surface area contributed by atoms with Gasteiger partial charge in [-0.25, -0.2) is 9.37 Å². The molecule has 0 aliphatic carbocycles. The Kier molecular flexibility index (Phi) is 11.5. The Morgan fingerprint density at radius 3 is 2.65 bits per heavy atom. The molecular formula is C22H34FIN6S. The third kappa shape index (κ3) is 8.53. The van der Waals surface area contributed by atoms with Crippen LogP contribution in [0.4, 0.5) is 10.1 Å². The average Bonchev–Trinajstić information content (AvgIpc) is 3.17. The van der Waals surface area contributed by atoms with E-state index in [2.05, 4.69) is 37.7 Å². The number of anilines is 1. The van der Waals surface area contributed by atoms with Crippen molar-refractivity contribution in [2.45, 2.75) is 26.7 Å². The molecule has 1 aromatic carbocycles. The zero-order valence-corrected chi connectivity index (χ0v) is 21.6. The van der Waals surface area contributed by atoms with Crippen LogP contribution in [-0.2, 0) is 6.42 Å². The number of aryl methyl sites for hydroxylation is 1. The van der Waals surface area contributed by atoms with Crippen LogP contribution in [0.15, 0.2) is 34.6 Å². The Morgan fingerprint density at radius 1 is 1.19 bits per heavy atom. The van der Waals surface area contributed by atoms with Gasteiger partial charge in [-0.2, -0.15) is 0 Å². The van der Waals surface area contributed by atoms with Crippen molar-refractivity contribution in [3.63, 3.8) is 0 Å². The Bertz CT molecular complexity index is 807. The van der Waals surface area contributed by atoms with Crippen LogP contribution in [0.1, 0.15) is 24.0 Å². The lowest BCUT2D eigenvalue weighted by atomic mass is 10.2. The zero-order chi connectivity index (χ0) is 21.2. The number of aromatic nitrogens is 1.